The van der Waals surface area contributed by atoms with Crippen LogP contribution in [0, 0.1) is 17.5 Å². The Morgan fingerprint density at radius 2 is 1.61 bits per heavy atom. The third-order valence-electron chi connectivity index (χ3n) is 7.03. The van der Waals surface area contributed by atoms with Crippen LogP contribution >= 0.6 is 0 Å². The summed E-state index contributed by atoms with van der Waals surface area (Å²) in [6, 6.07) is 21.4. The summed E-state index contributed by atoms with van der Waals surface area (Å²) in [4.78, 5) is 12.2. The standard InChI is InChI=1S/C33H28F3NO6S/c1-20(18-43-44(3,39)40)32-30(22-9-11-23(12-10-22)33(38)41-2)31-28(37(32)25-13-14-26(35)27(36)17-25)15-24(34)16-29(31)42-19-21-7-5-4-6-8-21/h4-17,20H,18-19H2,1-3H3. The number of nitrogens with zero attached hydrogens (tertiary/aromatic N) is 1. The highest BCUT2D eigenvalue weighted by atomic mass is 32.2. The van der Waals surface area contributed by atoms with Crippen molar-refractivity contribution in [3.63, 3.8) is 0 Å². The zero-order valence-electron chi connectivity index (χ0n) is 24.0. The maximum absolute atomic E-state index is 15.3. The fourth-order valence-corrected chi connectivity index (χ4v) is 5.52. The van der Waals surface area contributed by atoms with Crippen LogP contribution in [0.2, 0.25) is 0 Å². The Labute approximate surface area is 252 Å². The van der Waals surface area contributed by atoms with Crippen molar-refractivity contribution in [1.29, 1.82) is 0 Å². The van der Waals surface area contributed by atoms with Crippen molar-refractivity contribution in [3.05, 3.63) is 119 Å². The third kappa shape index (κ3) is 6.48. The first kappa shape index (κ1) is 30.8. The molecule has 1 heterocycles. The van der Waals surface area contributed by atoms with Gasteiger partial charge in [0.1, 0.15) is 18.2 Å². The molecule has 1 atom stereocenters. The summed E-state index contributed by atoms with van der Waals surface area (Å²) in [7, 11) is -2.59. The molecule has 4 aromatic carbocycles. The average Bonchev–Trinajstić information content (AvgIpc) is 3.35. The quantitative estimate of drug-likeness (QED) is 0.121. The van der Waals surface area contributed by atoms with E-state index in [1.165, 1.54) is 29.9 Å². The summed E-state index contributed by atoms with van der Waals surface area (Å²) in [5, 5.41) is 0.430. The second-order valence-electron chi connectivity index (χ2n) is 10.2. The minimum atomic E-state index is -3.85. The molecule has 0 radical (unpaired) electrons. The summed E-state index contributed by atoms with van der Waals surface area (Å²) in [6.45, 7) is 1.48. The zero-order valence-corrected chi connectivity index (χ0v) is 24.8. The number of ether oxygens (including phenoxy) is 2. The van der Waals surface area contributed by atoms with E-state index in [2.05, 4.69) is 0 Å². The summed E-state index contributed by atoms with van der Waals surface area (Å²) in [6.07, 6.45) is 0.919. The van der Waals surface area contributed by atoms with Crippen LogP contribution in [-0.4, -0.2) is 38.9 Å². The minimum Gasteiger partial charge on any atom is -0.488 e. The highest BCUT2D eigenvalue weighted by Crippen LogP contribution is 2.45. The number of hydrogen-bond donors (Lipinski definition) is 0. The molecule has 0 saturated heterocycles. The van der Waals surface area contributed by atoms with Crippen molar-refractivity contribution in [3.8, 4) is 22.6 Å². The summed E-state index contributed by atoms with van der Waals surface area (Å²) >= 11 is 0. The Balaban J connectivity index is 1.84. The van der Waals surface area contributed by atoms with Crippen LogP contribution < -0.4 is 4.74 Å². The van der Waals surface area contributed by atoms with E-state index >= 15 is 4.39 Å². The van der Waals surface area contributed by atoms with E-state index in [1.807, 2.05) is 30.3 Å². The molecule has 5 aromatic rings. The molecule has 7 nitrogen and oxygen atoms in total. The van der Waals surface area contributed by atoms with E-state index in [0.717, 1.165) is 24.0 Å². The molecule has 0 aliphatic heterocycles. The number of aromatic nitrogens is 1. The van der Waals surface area contributed by atoms with Crippen LogP contribution in [0.15, 0.2) is 84.9 Å². The van der Waals surface area contributed by atoms with Crippen molar-refractivity contribution >= 4 is 27.0 Å². The number of methoxy groups -OCH3 is 1. The number of hydrogen-bond acceptors (Lipinski definition) is 6. The van der Waals surface area contributed by atoms with E-state index in [-0.39, 0.29) is 35.7 Å². The smallest absolute Gasteiger partial charge is 0.337 e. The molecule has 0 spiro atoms. The average molecular weight is 624 g/mol. The largest absolute Gasteiger partial charge is 0.488 e. The minimum absolute atomic E-state index is 0.0958. The van der Waals surface area contributed by atoms with Crippen LogP contribution in [0.4, 0.5) is 13.2 Å². The van der Waals surface area contributed by atoms with Crippen molar-refractivity contribution in [2.75, 3.05) is 20.0 Å². The van der Waals surface area contributed by atoms with Gasteiger partial charge < -0.3 is 14.0 Å². The van der Waals surface area contributed by atoms with E-state index in [4.69, 9.17) is 13.7 Å². The number of halogens is 3. The molecule has 5 rings (SSSR count). The number of carbonyl (C=O) groups is 1. The van der Waals surface area contributed by atoms with Gasteiger partial charge in [0.05, 0.1) is 36.4 Å². The molecule has 0 amide bonds. The summed E-state index contributed by atoms with van der Waals surface area (Å²) in [5.74, 6) is -3.93. The molecule has 0 N–H and O–H groups in total. The van der Waals surface area contributed by atoms with Crippen molar-refractivity contribution in [2.45, 2.75) is 19.4 Å². The van der Waals surface area contributed by atoms with E-state index < -0.39 is 39.5 Å². The molecule has 0 bridgehead atoms. The highest BCUT2D eigenvalue weighted by Gasteiger charge is 2.28. The predicted molar refractivity (Wildman–Crippen MR) is 160 cm³/mol. The van der Waals surface area contributed by atoms with Crippen LogP contribution in [-0.2, 0) is 25.6 Å². The van der Waals surface area contributed by atoms with Crippen molar-refractivity contribution < 1.29 is 40.0 Å². The lowest BCUT2D eigenvalue weighted by molar-refractivity contribution is 0.0600. The number of benzene rings is 4. The first-order chi connectivity index (χ1) is 21.0. The topological polar surface area (TPSA) is 83.8 Å². The summed E-state index contributed by atoms with van der Waals surface area (Å²) in [5.41, 5.74) is 2.98. The van der Waals surface area contributed by atoms with Gasteiger partial charge in [-0.05, 0) is 41.5 Å². The van der Waals surface area contributed by atoms with Gasteiger partial charge in [0.15, 0.2) is 11.6 Å². The zero-order chi connectivity index (χ0) is 31.6. The molecular weight excluding hydrogens is 595 g/mol. The van der Waals surface area contributed by atoms with Gasteiger partial charge in [0.2, 0.25) is 0 Å². The van der Waals surface area contributed by atoms with Crippen LogP contribution in [0.5, 0.6) is 5.75 Å². The molecular formula is C33H28F3NO6S. The van der Waals surface area contributed by atoms with Gasteiger partial charge in [-0.2, -0.15) is 8.42 Å². The van der Waals surface area contributed by atoms with Crippen LogP contribution in [0.3, 0.4) is 0 Å². The van der Waals surface area contributed by atoms with Gasteiger partial charge in [-0.15, -0.1) is 0 Å². The lowest BCUT2D eigenvalue weighted by atomic mass is 9.95. The van der Waals surface area contributed by atoms with E-state index in [9.17, 15) is 22.0 Å². The fourth-order valence-electron chi connectivity index (χ4n) is 5.07. The number of carbonyl (C=O) groups excluding carboxylic acids is 1. The third-order valence-corrected chi connectivity index (χ3v) is 7.59. The molecule has 0 aliphatic rings. The predicted octanol–water partition coefficient (Wildman–Crippen LogP) is 7.16. The van der Waals surface area contributed by atoms with Crippen LogP contribution in [0.25, 0.3) is 27.7 Å². The molecule has 0 fully saturated rings. The monoisotopic (exact) mass is 623 g/mol. The van der Waals surface area contributed by atoms with E-state index in [0.29, 0.717) is 22.2 Å². The maximum atomic E-state index is 15.3. The second kappa shape index (κ2) is 12.6. The number of rotatable bonds is 10. The molecule has 11 heteroatoms. The maximum Gasteiger partial charge on any atom is 0.337 e. The number of esters is 1. The van der Waals surface area contributed by atoms with Gasteiger partial charge in [0, 0.05) is 35.0 Å². The Bertz CT molecular complexity index is 1940. The van der Waals surface area contributed by atoms with Crippen LogP contribution in [0.1, 0.15) is 34.5 Å². The van der Waals surface area contributed by atoms with Gasteiger partial charge in [-0.25, -0.2) is 18.0 Å². The van der Waals surface area contributed by atoms with Gasteiger partial charge in [-0.1, -0.05) is 49.4 Å². The van der Waals surface area contributed by atoms with Gasteiger partial charge in [-0.3, -0.25) is 4.18 Å². The summed E-state index contributed by atoms with van der Waals surface area (Å²) < 4.78 is 85.6. The fraction of sp³-hybridized carbons (Fsp3) is 0.182. The van der Waals surface area contributed by atoms with Gasteiger partial charge in [0.25, 0.3) is 10.1 Å². The molecule has 228 valence electrons. The first-order valence-corrected chi connectivity index (χ1v) is 15.3. The Kier molecular flexibility index (Phi) is 8.80. The van der Waals surface area contributed by atoms with E-state index in [1.54, 1.807) is 31.2 Å². The molecule has 0 saturated carbocycles. The Morgan fingerprint density at radius 1 is 0.909 bits per heavy atom. The first-order valence-electron chi connectivity index (χ1n) is 13.5. The lowest BCUT2D eigenvalue weighted by Gasteiger charge is -2.19. The van der Waals surface area contributed by atoms with Gasteiger partial charge >= 0.3 is 5.97 Å². The Morgan fingerprint density at radius 3 is 2.25 bits per heavy atom. The molecule has 0 aliphatic carbocycles. The molecule has 1 unspecified atom stereocenters. The second-order valence-corrected chi connectivity index (χ2v) is 11.9. The number of fused-ring (bicyclic) bond motifs is 1. The van der Waals surface area contributed by atoms with Crippen molar-refractivity contribution in [1.82, 2.24) is 4.57 Å². The molecule has 1 aromatic heterocycles. The highest BCUT2D eigenvalue weighted by molar-refractivity contribution is 7.85. The SMILES string of the molecule is COC(=O)c1ccc(-c2c(C(C)COS(C)(=O)=O)n(-c3ccc(F)c(F)c3)c3cc(F)cc(OCc4ccccc4)c23)cc1. The normalized spacial score (nSPS) is 12.3. The molecule has 44 heavy (non-hydrogen) atoms. The lowest BCUT2D eigenvalue weighted by Crippen LogP contribution is -2.14. The Hall–Kier alpha value is -4.61. The van der Waals surface area contributed by atoms with Crippen molar-refractivity contribution in [2.24, 2.45) is 0 Å².